The van der Waals surface area contributed by atoms with E-state index in [0.717, 1.165) is 62.9 Å². The van der Waals surface area contributed by atoms with Gasteiger partial charge in [0.2, 0.25) is 0 Å². The minimum absolute atomic E-state index is 0.260. The minimum atomic E-state index is -0.551. The monoisotopic (exact) mass is 490 g/mol. The Labute approximate surface area is 202 Å². The molecule has 0 radical (unpaired) electrons. The van der Waals surface area contributed by atoms with Gasteiger partial charge in [0.05, 0.1) is 15.2 Å². The van der Waals surface area contributed by atoms with E-state index in [2.05, 4.69) is 20.1 Å². The standard InChI is InChI=1S/C23H27ClN4O2S2/c1-16-26-21-12-20(6-7-22(21)32-16)30-15-19(29)14-27-8-10-28(11-9-27)23(31)25-13-17-2-4-18(24)5-3-17/h2-7,12,19,29H,8-11,13-15H2,1H3,(H,25,31)/t19-/m1/s1. The molecule has 1 aromatic heterocycles. The number of nitrogens with zero attached hydrogens (tertiary/aromatic N) is 3. The van der Waals surface area contributed by atoms with Crippen molar-refractivity contribution in [2.75, 3.05) is 39.3 Å². The van der Waals surface area contributed by atoms with E-state index in [0.29, 0.717) is 13.1 Å². The summed E-state index contributed by atoms with van der Waals surface area (Å²) in [5, 5.41) is 16.3. The lowest BCUT2D eigenvalue weighted by molar-refractivity contribution is 0.0555. The topological polar surface area (TPSA) is 60.9 Å². The average molecular weight is 491 g/mol. The number of halogens is 1. The van der Waals surface area contributed by atoms with Crippen LogP contribution in [0.3, 0.4) is 0 Å². The van der Waals surface area contributed by atoms with Crippen molar-refractivity contribution in [2.45, 2.75) is 19.6 Å². The Bertz CT molecular complexity index is 1050. The van der Waals surface area contributed by atoms with Gasteiger partial charge in [-0.05, 0) is 49.0 Å². The fraction of sp³-hybridized carbons (Fsp3) is 0.391. The van der Waals surface area contributed by atoms with Gasteiger partial charge in [-0.15, -0.1) is 11.3 Å². The summed E-state index contributed by atoms with van der Waals surface area (Å²) in [6.45, 7) is 6.88. The zero-order valence-corrected chi connectivity index (χ0v) is 20.3. The van der Waals surface area contributed by atoms with Crippen LogP contribution >= 0.6 is 35.2 Å². The van der Waals surface area contributed by atoms with E-state index in [-0.39, 0.29) is 6.61 Å². The number of thiazole rings is 1. The van der Waals surface area contributed by atoms with Gasteiger partial charge in [-0.3, -0.25) is 4.90 Å². The molecule has 3 aromatic rings. The number of thiocarbonyl (C=S) groups is 1. The number of fused-ring (bicyclic) bond motifs is 1. The van der Waals surface area contributed by atoms with Crippen LogP contribution in [0, 0.1) is 6.92 Å². The predicted molar refractivity (Wildman–Crippen MR) is 135 cm³/mol. The normalized spacial score (nSPS) is 15.7. The van der Waals surface area contributed by atoms with E-state index in [4.69, 9.17) is 28.6 Å². The number of rotatable bonds is 7. The van der Waals surface area contributed by atoms with Gasteiger partial charge in [0.1, 0.15) is 18.5 Å². The van der Waals surface area contributed by atoms with Crippen molar-refractivity contribution in [1.29, 1.82) is 0 Å². The highest BCUT2D eigenvalue weighted by Gasteiger charge is 2.21. The number of aliphatic hydroxyl groups excluding tert-OH is 1. The minimum Gasteiger partial charge on any atom is -0.491 e. The zero-order chi connectivity index (χ0) is 22.5. The first-order chi connectivity index (χ1) is 15.5. The van der Waals surface area contributed by atoms with Crippen molar-refractivity contribution in [3.63, 3.8) is 0 Å². The van der Waals surface area contributed by atoms with Gasteiger partial charge in [-0.2, -0.15) is 0 Å². The fourth-order valence-electron chi connectivity index (χ4n) is 3.68. The van der Waals surface area contributed by atoms with Crippen molar-refractivity contribution in [1.82, 2.24) is 20.1 Å². The third-order valence-corrected chi connectivity index (χ3v) is 7.00. The number of piperazine rings is 1. The highest BCUT2D eigenvalue weighted by molar-refractivity contribution is 7.80. The first-order valence-corrected chi connectivity index (χ1v) is 12.2. The second-order valence-corrected chi connectivity index (χ2v) is 9.96. The van der Waals surface area contributed by atoms with Crippen LogP contribution in [0.5, 0.6) is 5.75 Å². The number of β-amino-alcohol motifs (C(OH)–C–C–N with tert-alkyl or cyclic N) is 1. The lowest BCUT2D eigenvalue weighted by Crippen LogP contribution is -2.53. The Morgan fingerprint density at radius 2 is 1.97 bits per heavy atom. The first kappa shape index (κ1) is 23.2. The molecule has 2 N–H and O–H groups in total. The Morgan fingerprint density at radius 3 is 2.72 bits per heavy atom. The summed E-state index contributed by atoms with van der Waals surface area (Å²) < 4.78 is 6.95. The summed E-state index contributed by atoms with van der Waals surface area (Å²) in [5.41, 5.74) is 2.08. The molecule has 4 rings (SSSR count). The molecule has 0 unspecified atom stereocenters. The van der Waals surface area contributed by atoms with Crippen LogP contribution in [0.15, 0.2) is 42.5 Å². The highest BCUT2D eigenvalue weighted by atomic mass is 35.5. The molecule has 9 heteroatoms. The summed E-state index contributed by atoms with van der Waals surface area (Å²) in [5.74, 6) is 0.740. The van der Waals surface area contributed by atoms with E-state index >= 15 is 0 Å². The third-order valence-electron chi connectivity index (χ3n) is 5.39. The van der Waals surface area contributed by atoms with Crippen molar-refractivity contribution in [3.05, 3.63) is 58.1 Å². The molecule has 6 nitrogen and oxygen atoms in total. The first-order valence-electron chi connectivity index (χ1n) is 10.6. The van der Waals surface area contributed by atoms with Crippen LogP contribution in [0.1, 0.15) is 10.6 Å². The average Bonchev–Trinajstić information content (AvgIpc) is 3.17. The zero-order valence-electron chi connectivity index (χ0n) is 18.0. The van der Waals surface area contributed by atoms with E-state index in [9.17, 15) is 5.11 Å². The smallest absolute Gasteiger partial charge is 0.169 e. The van der Waals surface area contributed by atoms with Crippen LogP contribution in [0.4, 0.5) is 0 Å². The number of aliphatic hydroxyl groups is 1. The Balaban J connectivity index is 1.16. The number of aryl methyl sites for hydroxylation is 1. The Hall–Kier alpha value is -1.97. The fourth-order valence-corrected chi connectivity index (χ4v) is 4.87. The molecule has 1 aliphatic rings. The molecule has 1 fully saturated rings. The second-order valence-electron chi connectivity index (χ2n) is 7.90. The maximum absolute atomic E-state index is 10.4. The molecular weight excluding hydrogens is 464 g/mol. The van der Waals surface area contributed by atoms with E-state index in [1.54, 1.807) is 11.3 Å². The molecule has 2 heterocycles. The number of nitrogens with one attached hydrogen (secondary N) is 1. The van der Waals surface area contributed by atoms with Gasteiger partial charge >= 0.3 is 0 Å². The van der Waals surface area contributed by atoms with Crippen LogP contribution in [-0.4, -0.2) is 70.4 Å². The Kier molecular flexibility index (Phi) is 7.80. The SMILES string of the molecule is Cc1nc2cc(OC[C@H](O)CN3CCN(C(=S)NCc4ccc(Cl)cc4)CC3)ccc2s1. The van der Waals surface area contributed by atoms with E-state index in [1.165, 1.54) is 0 Å². The third kappa shape index (κ3) is 6.30. The van der Waals surface area contributed by atoms with Crippen LogP contribution in [-0.2, 0) is 6.54 Å². The maximum Gasteiger partial charge on any atom is 0.169 e. The van der Waals surface area contributed by atoms with Gasteiger partial charge in [0.15, 0.2) is 5.11 Å². The predicted octanol–water partition coefficient (Wildman–Crippen LogP) is 3.69. The second kappa shape index (κ2) is 10.8. The molecule has 1 saturated heterocycles. The molecule has 0 spiro atoms. The molecule has 32 heavy (non-hydrogen) atoms. The molecule has 170 valence electrons. The molecule has 1 aliphatic heterocycles. The number of hydrogen-bond acceptors (Lipinski definition) is 6. The summed E-state index contributed by atoms with van der Waals surface area (Å²) in [6.07, 6.45) is -0.551. The molecule has 0 aliphatic carbocycles. The van der Waals surface area contributed by atoms with E-state index in [1.807, 2.05) is 49.4 Å². The van der Waals surface area contributed by atoms with Crippen LogP contribution in [0.25, 0.3) is 10.2 Å². The van der Waals surface area contributed by atoms with Crippen molar-refractivity contribution >= 4 is 50.5 Å². The summed E-state index contributed by atoms with van der Waals surface area (Å²) in [6, 6.07) is 13.6. The maximum atomic E-state index is 10.4. The quantitative estimate of drug-likeness (QED) is 0.490. The molecule has 0 bridgehead atoms. The lowest BCUT2D eigenvalue weighted by Gasteiger charge is -2.37. The molecule has 0 amide bonds. The van der Waals surface area contributed by atoms with Crippen molar-refractivity contribution < 1.29 is 9.84 Å². The number of aromatic nitrogens is 1. The highest BCUT2D eigenvalue weighted by Crippen LogP contribution is 2.25. The summed E-state index contributed by atoms with van der Waals surface area (Å²) in [7, 11) is 0. The summed E-state index contributed by atoms with van der Waals surface area (Å²) >= 11 is 13.2. The molecule has 1 atom stereocenters. The van der Waals surface area contributed by atoms with Gasteiger partial charge in [-0.25, -0.2) is 4.98 Å². The van der Waals surface area contributed by atoms with Crippen molar-refractivity contribution in [3.8, 4) is 5.75 Å². The number of hydrogen-bond donors (Lipinski definition) is 2. The molecule has 2 aromatic carbocycles. The van der Waals surface area contributed by atoms with Gasteiger partial charge < -0.3 is 20.1 Å². The lowest BCUT2D eigenvalue weighted by atomic mass is 10.2. The van der Waals surface area contributed by atoms with Crippen molar-refractivity contribution in [2.24, 2.45) is 0 Å². The van der Waals surface area contributed by atoms with Crippen LogP contribution in [0.2, 0.25) is 5.02 Å². The number of ether oxygens (including phenoxy) is 1. The van der Waals surface area contributed by atoms with E-state index < -0.39 is 6.10 Å². The molecular formula is C23H27ClN4O2S2. The largest absolute Gasteiger partial charge is 0.491 e. The summed E-state index contributed by atoms with van der Waals surface area (Å²) in [4.78, 5) is 8.92. The van der Waals surface area contributed by atoms with Gasteiger partial charge in [0, 0.05) is 50.4 Å². The van der Waals surface area contributed by atoms with Gasteiger partial charge in [0.25, 0.3) is 0 Å². The molecule has 0 saturated carbocycles. The van der Waals surface area contributed by atoms with Crippen LogP contribution < -0.4 is 10.1 Å². The number of benzene rings is 2. The Morgan fingerprint density at radius 1 is 1.22 bits per heavy atom. The van der Waals surface area contributed by atoms with Gasteiger partial charge in [-0.1, -0.05) is 23.7 Å².